The average molecular weight is 307 g/mol. The van der Waals surface area contributed by atoms with Crippen LogP contribution >= 0.6 is 0 Å². The molecule has 0 unspecified atom stereocenters. The van der Waals surface area contributed by atoms with Crippen LogP contribution in [0.3, 0.4) is 0 Å². The van der Waals surface area contributed by atoms with Gasteiger partial charge in [-0.15, -0.1) is 0 Å². The molecule has 0 saturated heterocycles. The zero-order chi connectivity index (χ0) is 15.7. The molecule has 0 bridgehead atoms. The van der Waals surface area contributed by atoms with E-state index >= 15 is 0 Å². The lowest BCUT2D eigenvalue weighted by Gasteiger charge is -2.23. The number of benzene rings is 1. The molecule has 1 aromatic rings. The fraction of sp³-hybridized carbons (Fsp3) is 0.500. The van der Waals surface area contributed by atoms with Crippen molar-refractivity contribution in [2.24, 2.45) is 11.8 Å². The first kappa shape index (κ1) is 14.8. The molecule has 118 valence electrons. The quantitative estimate of drug-likeness (QED) is 0.908. The molecule has 1 heterocycles. The fourth-order valence-electron chi connectivity index (χ4n) is 3.24. The monoisotopic (exact) mass is 307 g/mol. The van der Waals surface area contributed by atoms with Crippen molar-refractivity contribution in [3.8, 4) is 5.75 Å². The highest BCUT2D eigenvalue weighted by Crippen LogP contribution is 2.34. The molecule has 1 amide bonds. The minimum atomic E-state index is -0.842. The fourth-order valence-corrected chi connectivity index (χ4v) is 3.24. The molecule has 1 fully saturated rings. The van der Waals surface area contributed by atoms with E-state index in [2.05, 4.69) is 0 Å². The van der Waals surface area contributed by atoms with Crippen LogP contribution in [0.15, 0.2) is 18.2 Å². The van der Waals surface area contributed by atoms with E-state index in [1.807, 2.05) is 0 Å². The lowest BCUT2D eigenvalue weighted by atomic mass is 10.0. The number of rotatable bonds is 2. The Morgan fingerprint density at radius 1 is 1.27 bits per heavy atom. The van der Waals surface area contributed by atoms with E-state index in [0.29, 0.717) is 43.7 Å². The van der Waals surface area contributed by atoms with Gasteiger partial charge in [0.05, 0.1) is 19.0 Å². The zero-order valence-corrected chi connectivity index (χ0v) is 12.1. The van der Waals surface area contributed by atoms with Crippen LogP contribution in [-0.4, -0.2) is 35.0 Å². The van der Waals surface area contributed by atoms with Crippen LogP contribution < -0.4 is 4.74 Å². The summed E-state index contributed by atoms with van der Waals surface area (Å²) >= 11 is 0. The van der Waals surface area contributed by atoms with E-state index in [-0.39, 0.29) is 24.2 Å². The smallest absolute Gasteiger partial charge is 0.306 e. The third kappa shape index (κ3) is 2.77. The summed E-state index contributed by atoms with van der Waals surface area (Å²) in [7, 11) is 0. The molecular formula is C16H18FNO4. The maximum absolute atomic E-state index is 13.9. The first-order chi connectivity index (χ1) is 10.6. The third-order valence-electron chi connectivity index (χ3n) is 4.49. The van der Waals surface area contributed by atoms with E-state index < -0.39 is 11.9 Å². The summed E-state index contributed by atoms with van der Waals surface area (Å²) in [6.45, 7) is 0.882. The predicted molar refractivity (Wildman–Crippen MR) is 75.8 cm³/mol. The Kier molecular flexibility index (Phi) is 4.00. The van der Waals surface area contributed by atoms with Crippen molar-refractivity contribution in [2.75, 3.05) is 13.2 Å². The van der Waals surface area contributed by atoms with Gasteiger partial charge in [0.15, 0.2) is 0 Å². The molecule has 1 aliphatic heterocycles. The van der Waals surface area contributed by atoms with Crippen molar-refractivity contribution in [3.05, 3.63) is 29.6 Å². The Hall–Kier alpha value is -2.11. The number of carboxylic acid groups (broad SMARTS) is 1. The van der Waals surface area contributed by atoms with Gasteiger partial charge in [0, 0.05) is 11.5 Å². The molecular weight excluding hydrogens is 289 g/mol. The van der Waals surface area contributed by atoms with Gasteiger partial charge in [0.25, 0.3) is 0 Å². The number of carboxylic acids is 1. The molecule has 3 rings (SSSR count). The van der Waals surface area contributed by atoms with Crippen molar-refractivity contribution >= 4 is 11.9 Å². The summed E-state index contributed by atoms with van der Waals surface area (Å²) < 4.78 is 19.4. The van der Waals surface area contributed by atoms with Crippen molar-refractivity contribution in [3.63, 3.8) is 0 Å². The third-order valence-corrected chi connectivity index (χ3v) is 4.49. The van der Waals surface area contributed by atoms with Crippen LogP contribution in [0.25, 0.3) is 0 Å². The van der Waals surface area contributed by atoms with Crippen molar-refractivity contribution in [2.45, 2.75) is 25.8 Å². The highest BCUT2D eigenvalue weighted by molar-refractivity contribution is 5.81. The lowest BCUT2D eigenvalue weighted by Crippen LogP contribution is -2.36. The number of fused-ring (bicyclic) bond motifs is 1. The van der Waals surface area contributed by atoms with E-state index in [9.17, 15) is 14.0 Å². The zero-order valence-electron chi connectivity index (χ0n) is 12.1. The summed E-state index contributed by atoms with van der Waals surface area (Å²) in [4.78, 5) is 25.2. The molecule has 0 spiro atoms. The molecule has 1 saturated carbocycles. The van der Waals surface area contributed by atoms with Crippen LogP contribution in [0.5, 0.6) is 5.75 Å². The Morgan fingerprint density at radius 2 is 2.05 bits per heavy atom. The molecule has 1 N–H and O–H groups in total. The van der Waals surface area contributed by atoms with E-state index in [1.165, 1.54) is 6.07 Å². The summed E-state index contributed by atoms with van der Waals surface area (Å²) in [6, 6.07) is 4.63. The summed E-state index contributed by atoms with van der Waals surface area (Å²) in [5.41, 5.74) is 0.390. The Bertz CT molecular complexity index is 604. The van der Waals surface area contributed by atoms with Crippen LogP contribution in [0.4, 0.5) is 4.39 Å². The summed E-state index contributed by atoms with van der Waals surface area (Å²) in [5, 5.41) is 9.04. The predicted octanol–water partition coefficient (Wildman–Crippen LogP) is 2.05. The van der Waals surface area contributed by atoms with E-state index in [0.717, 1.165) is 0 Å². The number of amides is 1. The Balaban J connectivity index is 1.74. The van der Waals surface area contributed by atoms with Gasteiger partial charge >= 0.3 is 5.97 Å². The number of hydrogen-bond donors (Lipinski definition) is 1. The molecule has 2 aliphatic rings. The van der Waals surface area contributed by atoms with Crippen LogP contribution in [0.1, 0.15) is 24.8 Å². The minimum absolute atomic E-state index is 0.0940. The number of carbonyl (C=O) groups excluding carboxylic acids is 1. The highest BCUT2D eigenvalue weighted by Gasteiger charge is 2.36. The number of hydrogen-bond acceptors (Lipinski definition) is 3. The first-order valence-corrected chi connectivity index (χ1v) is 7.48. The van der Waals surface area contributed by atoms with Crippen molar-refractivity contribution in [1.29, 1.82) is 0 Å². The maximum Gasteiger partial charge on any atom is 0.306 e. The van der Waals surface area contributed by atoms with Gasteiger partial charge in [-0.05, 0) is 31.4 Å². The van der Waals surface area contributed by atoms with Gasteiger partial charge < -0.3 is 14.7 Å². The molecule has 0 radical (unpaired) electrons. The Morgan fingerprint density at radius 3 is 2.77 bits per heavy atom. The molecule has 22 heavy (non-hydrogen) atoms. The number of aliphatic carboxylic acids is 1. The first-order valence-electron chi connectivity index (χ1n) is 7.48. The normalized spacial score (nSPS) is 24.3. The second-order valence-corrected chi connectivity index (χ2v) is 5.87. The molecule has 1 aromatic carbocycles. The summed E-state index contributed by atoms with van der Waals surface area (Å²) in [5.74, 6) is -1.57. The second-order valence-electron chi connectivity index (χ2n) is 5.87. The van der Waals surface area contributed by atoms with E-state index in [1.54, 1.807) is 17.0 Å². The number of nitrogens with zero attached hydrogens (tertiary/aromatic N) is 1. The lowest BCUT2D eigenvalue weighted by molar-refractivity contribution is -0.141. The molecule has 2 atom stereocenters. The maximum atomic E-state index is 13.9. The average Bonchev–Trinajstić information content (AvgIpc) is 2.88. The molecule has 1 aliphatic carbocycles. The van der Waals surface area contributed by atoms with Gasteiger partial charge in [-0.3, -0.25) is 9.59 Å². The number of halogens is 1. The SMILES string of the molecule is O=C(O)[C@@H]1CC[C@H](C(=O)N2CCOc3cccc(F)c3C2)C1. The highest BCUT2D eigenvalue weighted by atomic mass is 19.1. The van der Waals surface area contributed by atoms with Gasteiger partial charge in [-0.1, -0.05) is 6.07 Å². The van der Waals surface area contributed by atoms with Gasteiger partial charge in [-0.2, -0.15) is 0 Å². The molecule has 0 aromatic heterocycles. The summed E-state index contributed by atoms with van der Waals surface area (Å²) in [6.07, 6.45) is 1.48. The topological polar surface area (TPSA) is 66.8 Å². The van der Waals surface area contributed by atoms with Gasteiger partial charge in [-0.25, -0.2) is 4.39 Å². The van der Waals surface area contributed by atoms with Crippen molar-refractivity contribution < 1.29 is 23.8 Å². The van der Waals surface area contributed by atoms with E-state index in [4.69, 9.17) is 9.84 Å². The number of ether oxygens (including phenoxy) is 1. The van der Waals surface area contributed by atoms with Gasteiger partial charge in [0.2, 0.25) is 5.91 Å². The van der Waals surface area contributed by atoms with Crippen LogP contribution in [0, 0.1) is 17.7 Å². The second kappa shape index (κ2) is 5.94. The molecule has 5 nitrogen and oxygen atoms in total. The van der Waals surface area contributed by atoms with Crippen LogP contribution in [-0.2, 0) is 16.1 Å². The number of carbonyl (C=O) groups is 2. The van der Waals surface area contributed by atoms with Crippen molar-refractivity contribution in [1.82, 2.24) is 4.90 Å². The van der Waals surface area contributed by atoms with Crippen LogP contribution in [0.2, 0.25) is 0 Å². The standard InChI is InChI=1S/C16H18FNO4/c17-13-2-1-3-14-12(13)9-18(6-7-22-14)15(19)10-4-5-11(8-10)16(20)21/h1-3,10-11H,4-9H2,(H,20,21)/t10-,11+/m0/s1. The molecule has 6 heteroatoms. The largest absolute Gasteiger partial charge is 0.491 e. The minimum Gasteiger partial charge on any atom is -0.491 e. The Labute approximate surface area is 127 Å². The van der Waals surface area contributed by atoms with Gasteiger partial charge in [0.1, 0.15) is 18.2 Å².